The number of aliphatic hydroxyl groups excluding tert-OH is 1. The number of aromatic nitrogens is 3. The summed E-state index contributed by atoms with van der Waals surface area (Å²) < 4.78 is 5.58. The summed E-state index contributed by atoms with van der Waals surface area (Å²) in [7, 11) is 0. The molecule has 0 aliphatic carbocycles. The van der Waals surface area contributed by atoms with E-state index in [0.29, 0.717) is 29.6 Å². The van der Waals surface area contributed by atoms with Crippen molar-refractivity contribution in [1.29, 1.82) is 0 Å². The molecule has 27 heavy (non-hydrogen) atoms. The van der Waals surface area contributed by atoms with Crippen molar-refractivity contribution in [3.8, 4) is 11.5 Å². The maximum absolute atomic E-state index is 12.1. The molecule has 140 valence electrons. The third-order valence-electron chi connectivity index (χ3n) is 3.89. The van der Waals surface area contributed by atoms with E-state index in [1.54, 1.807) is 30.5 Å². The fraction of sp³-hybridized carbons (Fsp3) is 0.263. The first-order valence-electron chi connectivity index (χ1n) is 8.52. The summed E-state index contributed by atoms with van der Waals surface area (Å²) in [6.07, 6.45) is 2.64. The number of aryl methyl sites for hydroxylation is 1. The Bertz CT molecular complexity index is 868. The van der Waals surface area contributed by atoms with Gasteiger partial charge >= 0.3 is 0 Å². The van der Waals surface area contributed by atoms with E-state index < -0.39 is 0 Å². The molecule has 2 N–H and O–H groups in total. The van der Waals surface area contributed by atoms with E-state index in [0.717, 1.165) is 11.3 Å². The zero-order valence-electron chi connectivity index (χ0n) is 14.5. The lowest BCUT2D eigenvalue weighted by Crippen LogP contribution is -2.39. The van der Waals surface area contributed by atoms with E-state index in [-0.39, 0.29) is 25.0 Å². The second kappa shape index (κ2) is 9.25. The fourth-order valence-corrected chi connectivity index (χ4v) is 2.64. The molecule has 2 heterocycles. The monoisotopic (exact) mass is 386 g/mol. The van der Waals surface area contributed by atoms with Gasteiger partial charge in [-0.2, -0.15) is 0 Å². The number of benzene rings is 1. The number of nitrogens with one attached hydrogen (secondary N) is 1. The molecule has 2 aromatic heterocycles. The maximum Gasteiger partial charge on any atom is 0.247 e. The number of amides is 1. The second-order valence-electron chi connectivity index (χ2n) is 5.98. The minimum atomic E-state index is -0.389. The van der Waals surface area contributed by atoms with E-state index in [9.17, 15) is 9.90 Å². The minimum Gasteiger partial charge on any atom is -0.421 e. The van der Waals surface area contributed by atoms with Crippen molar-refractivity contribution in [3.05, 3.63) is 65.3 Å². The first-order chi connectivity index (χ1) is 13.1. The van der Waals surface area contributed by atoms with Gasteiger partial charge in [0, 0.05) is 41.7 Å². The average Bonchev–Trinajstić information content (AvgIpc) is 3.16. The van der Waals surface area contributed by atoms with Gasteiger partial charge in [0.05, 0.1) is 12.6 Å². The van der Waals surface area contributed by atoms with Crippen LogP contribution in [-0.2, 0) is 17.6 Å². The van der Waals surface area contributed by atoms with Crippen LogP contribution in [0.15, 0.2) is 53.1 Å². The predicted molar refractivity (Wildman–Crippen MR) is 100 cm³/mol. The molecule has 7 nitrogen and oxygen atoms in total. The van der Waals surface area contributed by atoms with E-state index >= 15 is 0 Å². The number of halogens is 1. The van der Waals surface area contributed by atoms with Crippen LogP contribution in [0.4, 0.5) is 0 Å². The average molecular weight is 387 g/mol. The Hall–Kier alpha value is -2.77. The van der Waals surface area contributed by atoms with Gasteiger partial charge in [0.1, 0.15) is 0 Å². The van der Waals surface area contributed by atoms with Gasteiger partial charge in [-0.3, -0.25) is 9.78 Å². The Morgan fingerprint density at radius 2 is 2.00 bits per heavy atom. The summed E-state index contributed by atoms with van der Waals surface area (Å²) >= 11 is 5.86. The fourth-order valence-electron chi connectivity index (χ4n) is 2.52. The van der Waals surface area contributed by atoms with Crippen LogP contribution in [0, 0.1) is 0 Å². The Kier molecular flexibility index (Phi) is 6.51. The molecule has 1 atom stereocenters. The van der Waals surface area contributed by atoms with Crippen molar-refractivity contribution in [2.75, 3.05) is 6.61 Å². The summed E-state index contributed by atoms with van der Waals surface area (Å²) in [6, 6.07) is 12.2. The van der Waals surface area contributed by atoms with Crippen LogP contribution < -0.4 is 5.32 Å². The number of hydrogen-bond donors (Lipinski definition) is 2. The van der Waals surface area contributed by atoms with Gasteiger partial charge in [-0.1, -0.05) is 17.7 Å². The first kappa shape index (κ1) is 19.0. The molecule has 0 fully saturated rings. The van der Waals surface area contributed by atoms with Gasteiger partial charge < -0.3 is 14.8 Å². The van der Waals surface area contributed by atoms with Crippen LogP contribution in [0.3, 0.4) is 0 Å². The lowest BCUT2D eigenvalue weighted by atomic mass is 10.1. The number of pyridine rings is 1. The highest BCUT2D eigenvalue weighted by Gasteiger charge is 2.15. The number of nitrogens with zero attached hydrogens (tertiary/aromatic N) is 3. The van der Waals surface area contributed by atoms with Crippen molar-refractivity contribution in [2.45, 2.75) is 25.3 Å². The van der Waals surface area contributed by atoms with Gasteiger partial charge in [-0.15, -0.1) is 10.2 Å². The van der Waals surface area contributed by atoms with Crippen molar-refractivity contribution in [2.24, 2.45) is 0 Å². The van der Waals surface area contributed by atoms with Crippen molar-refractivity contribution in [1.82, 2.24) is 20.5 Å². The van der Waals surface area contributed by atoms with E-state index in [4.69, 9.17) is 16.0 Å². The molecule has 1 aromatic carbocycles. The van der Waals surface area contributed by atoms with Crippen LogP contribution in [0.25, 0.3) is 11.5 Å². The van der Waals surface area contributed by atoms with Crippen LogP contribution in [0.1, 0.15) is 18.0 Å². The molecule has 0 unspecified atom stereocenters. The second-order valence-corrected chi connectivity index (χ2v) is 6.42. The standard InChI is InChI=1S/C19H19ClN4O3/c20-14-6-4-13(5-7-14)19-24-23-18(27-19)9-8-17(26)22-16(12-25)11-15-3-1-2-10-21-15/h1-7,10,16,25H,8-9,11-12H2,(H,22,26)/t16-/m1/s1. The quantitative estimate of drug-likeness (QED) is 0.616. The lowest BCUT2D eigenvalue weighted by Gasteiger charge is -2.15. The van der Waals surface area contributed by atoms with Crippen LogP contribution in [0.5, 0.6) is 0 Å². The molecule has 8 heteroatoms. The Balaban J connectivity index is 1.50. The van der Waals surface area contributed by atoms with Gasteiger partial charge in [0.2, 0.25) is 17.7 Å². The summed E-state index contributed by atoms with van der Waals surface area (Å²) in [5.41, 5.74) is 1.57. The molecule has 1 amide bonds. The number of carbonyl (C=O) groups is 1. The van der Waals surface area contributed by atoms with Gasteiger partial charge in [-0.25, -0.2) is 0 Å². The third kappa shape index (κ3) is 5.60. The lowest BCUT2D eigenvalue weighted by molar-refractivity contribution is -0.122. The highest BCUT2D eigenvalue weighted by atomic mass is 35.5. The minimum absolute atomic E-state index is 0.163. The largest absolute Gasteiger partial charge is 0.421 e. The van der Waals surface area contributed by atoms with Crippen LogP contribution in [-0.4, -0.2) is 38.8 Å². The third-order valence-corrected chi connectivity index (χ3v) is 4.14. The summed E-state index contributed by atoms with van der Waals surface area (Å²) in [4.78, 5) is 16.3. The van der Waals surface area contributed by atoms with Crippen LogP contribution >= 0.6 is 11.6 Å². The Morgan fingerprint density at radius 1 is 1.19 bits per heavy atom. The smallest absolute Gasteiger partial charge is 0.247 e. The summed E-state index contributed by atoms with van der Waals surface area (Å²) in [5, 5.41) is 20.9. The first-order valence-corrected chi connectivity index (χ1v) is 8.90. The highest BCUT2D eigenvalue weighted by molar-refractivity contribution is 6.30. The molecule has 0 spiro atoms. The zero-order chi connectivity index (χ0) is 19.1. The van der Waals surface area contributed by atoms with E-state index in [2.05, 4.69) is 20.5 Å². The zero-order valence-corrected chi connectivity index (χ0v) is 15.3. The normalized spacial score (nSPS) is 11.9. The number of carbonyl (C=O) groups excluding carboxylic acids is 1. The Morgan fingerprint density at radius 3 is 2.70 bits per heavy atom. The number of aliphatic hydroxyl groups is 1. The van der Waals surface area contributed by atoms with Gasteiger partial charge in [-0.05, 0) is 36.4 Å². The topological polar surface area (TPSA) is 101 Å². The Labute approximate surface area is 161 Å². The van der Waals surface area contributed by atoms with E-state index in [1.165, 1.54) is 0 Å². The molecular formula is C19H19ClN4O3. The number of hydrogen-bond acceptors (Lipinski definition) is 6. The molecule has 0 aliphatic heterocycles. The SMILES string of the molecule is O=C(CCc1nnc(-c2ccc(Cl)cc2)o1)N[C@@H](CO)Cc1ccccn1. The van der Waals surface area contributed by atoms with Crippen molar-refractivity contribution >= 4 is 17.5 Å². The molecule has 0 saturated carbocycles. The predicted octanol–water partition coefficient (Wildman–Crippen LogP) is 2.44. The molecule has 3 aromatic rings. The highest BCUT2D eigenvalue weighted by Crippen LogP contribution is 2.20. The molecular weight excluding hydrogens is 368 g/mol. The van der Waals surface area contributed by atoms with Gasteiger partial charge in [0.15, 0.2) is 0 Å². The number of rotatable bonds is 8. The van der Waals surface area contributed by atoms with Crippen molar-refractivity contribution in [3.63, 3.8) is 0 Å². The van der Waals surface area contributed by atoms with Crippen molar-refractivity contribution < 1.29 is 14.3 Å². The van der Waals surface area contributed by atoms with E-state index in [1.807, 2.05) is 18.2 Å². The molecule has 0 aliphatic rings. The molecule has 0 bridgehead atoms. The summed E-state index contributed by atoms with van der Waals surface area (Å²) in [6.45, 7) is -0.163. The van der Waals surface area contributed by atoms with Crippen LogP contribution in [0.2, 0.25) is 5.02 Å². The molecule has 0 radical (unpaired) electrons. The maximum atomic E-state index is 12.1. The molecule has 3 rings (SSSR count). The molecule has 0 saturated heterocycles. The van der Waals surface area contributed by atoms with Gasteiger partial charge in [0.25, 0.3) is 0 Å². The summed E-state index contributed by atoms with van der Waals surface area (Å²) in [5.74, 6) is 0.557.